The van der Waals surface area contributed by atoms with Gasteiger partial charge in [-0.3, -0.25) is 0 Å². The molecular weight excluding hydrogens is 222 g/mol. The van der Waals surface area contributed by atoms with Crippen molar-refractivity contribution in [2.45, 2.75) is 26.2 Å². The molecular formula is C15H19N3. The summed E-state index contributed by atoms with van der Waals surface area (Å²) in [5, 5.41) is 10.7. The van der Waals surface area contributed by atoms with Crippen LogP contribution in [0, 0.1) is 0 Å². The summed E-state index contributed by atoms with van der Waals surface area (Å²) in [6.07, 6.45) is 3.52. The predicted octanol–water partition coefficient (Wildman–Crippen LogP) is 4.70. The number of nitrogen functional groups attached to an aromatic ring is 1. The fourth-order valence-corrected chi connectivity index (χ4v) is 1.95. The van der Waals surface area contributed by atoms with Gasteiger partial charge in [-0.15, -0.1) is 0 Å². The summed E-state index contributed by atoms with van der Waals surface area (Å²) < 4.78 is 0. The Morgan fingerprint density at radius 3 is 2.56 bits per heavy atom. The molecule has 0 saturated heterocycles. The summed E-state index contributed by atoms with van der Waals surface area (Å²) in [6.45, 7) is 2.98. The van der Waals surface area contributed by atoms with E-state index in [-0.39, 0.29) is 0 Å². The van der Waals surface area contributed by atoms with Crippen LogP contribution in [0.1, 0.15) is 26.2 Å². The molecule has 0 spiro atoms. The molecule has 0 aromatic heterocycles. The molecule has 0 aliphatic heterocycles. The summed E-state index contributed by atoms with van der Waals surface area (Å²) in [7, 11) is 0. The molecule has 0 heterocycles. The smallest absolute Gasteiger partial charge is 0.0932 e. The molecule has 0 atom stereocenters. The van der Waals surface area contributed by atoms with Gasteiger partial charge in [0, 0.05) is 16.5 Å². The summed E-state index contributed by atoms with van der Waals surface area (Å²) in [5.74, 6) is 0. The Hall–Kier alpha value is -1.90. The number of azo groups is 1. The van der Waals surface area contributed by atoms with Crippen LogP contribution >= 0.6 is 0 Å². The largest absolute Gasteiger partial charge is 0.398 e. The van der Waals surface area contributed by atoms with Crippen molar-refractivity contribution in [3.63, 3.8) is 0 Å². The first kappa shape index (κ1) is 12.6. The van der Waals surface area contributed by atoms with Gasteiger partial charge in [-0.2, -0.15) is 10.2 Å². The first-order chi connectivity index (χ1) is 8.83. The predicted molar refractivity (Wildman–Crippen MR) is 77.3 cm³/mol. The molecule has 0 amide bonds. The first-order valence-corrected chi connectivity index (χ1v) is 6.47. The highest BCUT2D eigenvalue weighted by molar-refractivity contribution is 5.99. The van der Waals surface area contributed by atoms with Crippen LogP contribution in [0.25, 0.3) is 10.8 Å². The van der Waals surface area contributed by atoms with Crippen LogP contribution in [0.3, 0.4) is 0 Å². The quantitative estimate of drug-likeness (QED) is 0.460. The average molecular weight is 241 g/mol. The lowest BCUT2D eigenvalue weighted by molar-refractivity contribution is 0.713. The van der Waals surface area contributed by atoms with Gasteiger partial charge >= 0.3 is 0 Å². The SMILES string of the molecule is CCCCCN=Nc1ccc(N)c2ccccc12. The highest BCUT2D eigenvalue weighted by Gasteiger charge is 2.02. The van der Waals surface area contributed by atoms with Crippen LogP contribution in [0.2, 0.25) is 0 Å². The minimum absolute atomic E-state index is 0.788. The molecule has 0 saturated carbocycles. The molecule has 0 bridgehead atoms. The van der Waals surface area contributed by atoms with Gasteiger partial charge in [-0.25, -0.2) is 0 Å². The maximum Gasteiger partial charge on any atom is 0.0932 e. The lowest BCUT2D eigenvalue weighted by Gasteiger charge is -2.04. The number of unbranched alkanes of at least 4 members (excludes halogenated alkanes) is 2. The summed E-state index contributed by atoms with van der Waals surface area (Å²) >= 11 is 0. The van der Waals surface area contributed by atoms with Gasteiger partial charge < -0.3 is 5.73 Å². The normalized spacial score (nSPS) is 11.4. The molecule has 2 aromatic rings. The summed E-state index contributed by atoms with van der Waals surface area (Å²) in [6, 6.07) is 11.9. The van der Waals surface area contributed by atoms with E-state index in [1.54, 1.807) is 0 Å². The molecule has 3 heteroatoms. The standard InChI is InChI=1S/C15H19N3/c1-2-3-6-11-17-18-15-10-9-14(16)12-7-4-5-8-13(12)15/h4-5,7-10H,2-3,6,11,16H2,1H3. The molecule has 0 fully saturated rings. The Morgan fingerprint density at radius 2 is 1.78 bits per heavy atom. The Labute approximate surface area is 108 Å². The lowest BCUT2D eigenvalue weighted by Crippen LogP contribution is -1.86. The van der Waals surface area contributed by atoms with E-state index in [2.05, 4.69) is 17.2 Å². The third-order valence-corrected chi connectivity index (χ3v) is 2.97. The van der Waals surface area contributed by atoms with E-state index >= 15 is 0 Å². The van der Waals surface area contributed by atoms with Crippen molar-refractivity contribution in [2.24, 2.45) is 10.2 Å². The Bertz CT molecular complexity index is 546. The van der Waals surface area contributed by atoms with E-state index in [9.17, 15) is 0 Å². The molecule has 0 aliphatic rings. The van der Waals surface area contributed by atoms with Gasteiger partial charge in [-0.1, -0.05) is 44.0 Å². The van der Waals surface area contributed by atoms with Crippen molar-refractivity contribution >= 4 is 22.1 Å². The molecule has 0 radical (unpaired) electrons. The maximum absolute atomic E-state index is 5.95. The van der Waals surface area contributed by atoms with Crippen LogP contribution in [0.15, 0.2) is 46.6 Å². The molecule has 3 nitrogen and oxygen atoms in total. The second kappa shape index (κ2) is 6.15. The fraction of sp³-hybridized carbons (Fsp3) is 0.333. The van der Waals surface area contributed by atoms with Crippen molar-refractivity contribution in [1.82, 2.24) is 0 Å². The van der Waals surface area contributed by atoms with Crippen molar-refractivity contribution < 1.29 is 0 Å². The molecule has 94 valence electrons. The van der Waals surface area contributed by atoms with E-state index in [0.717, 1.165) is 35.1 Å². The van der Waals surface area contributed by atoms with Crippen LogP contribution in [0.4, 0.5) is 11.4 Å². The van der Waals surface area contributed by atoms with Gasteiger partial charge in [0.2, 0.25) is 0 Å². The third-order valence-electron chi connectivity index (χ3n) is 2.97. The fourth-order valence-electron chi connectivity index (χ4n) is 1.95. The lowest BCUT2D eigenvalue weighted by atomic mass is 10.1. The third kappa shape index (κ3) is 2.86. The summed E-state index contributed by atoms with van der Waals surface area (Å²) in [5.41, 5.74) is 7.63. The molecule has 0 aliphatic carbocycles. The Morgan fingerprint density at radius 1 is 1.00 bits per heavy atom. The summed E-state index contributed by atoms with van der Waals surface area (Å²) in [4.78, 5) is 0. The molecule has 2 N–H and O–H groups in total. The number of benzene rings is 2. The van der Waals surface area contributed by atoms with Crippen molar-refractivity contribution in [3.05, 3.63) is 36.4 Å². The van der Waals surface area contributed by atoms with Crippen molar-refractivity contribution in [1.29, 1.82) is 0 Å². The zero-order valence-corrected chi connectivity index (χ0v) is 10.8. The number of rotatable bonds is 5. The number of nitrogens with zero attached hydrogens (tertiary/aromatic N) is 2. The van der Waals surface area contributed by atoms with Gasteiger partial charge in [0.05, 0.1) is 12.2 Å². The molecule has 2 rings (SSSR count). The monoisotopic (exact) mass is 241 g/mol. The number of nitrogens with two attached hydrogens (primary N) is 1. The molecule has 2 aromatic carbocycles. The zero-order valence-electron chi connectivity index (χ0n) is 10.8. The van der Waals surface area contributed by atoms with E-state index in [1.807, 2.05) is 36.4 Å². The highest BCUT2D eigenvalue weighted by Crippen LogP contribution is 2.30. The minimum Gasteiger partial charge on any atom is -0.398 e. The van der Waals surface area contributed by atoms with Crippen molar-refractivity contribution in [2.75, 3.05) is 12.3 Å². The number of fused-ring (bicyclic) bond motifs is 1. The van der Waals surface area contributed by atoms with Crippen LogP contribution in [-0.2, 0) is 0 Å². The van der Waals surface area contributed by atoms with Gasteiger partial charge in [0.15, 0.2) is 0 Å². The minimum atomic E-state index is 0.788. The number of hydrogen-bond donors (Lipinski definition) is 1. The van der Waals surface area contributed by atoms with Gasteiger partial charge in [-0.05, 0) is 18.6 Å². The van der Waals surface area contributed by atoms with Gasteiger partial charge in [0.1, 0.15) is 0 Å². The van der Waals surface area contributed by atoms with E-state index < -0.39 is 0 Å². The molecule has 0 unspecified atom stereocenters. The van der Waals surface area contributed by atoms with E-state index in [0.29, 0.717) is 0 Å². The topological polar surface area (TPSA) is 50.7 Å². The van der Waals surface area contributed by atoms with Crippen LogP contribution in [-0.4, -0.2) is 6.54 Å². The van der Waals surface area contributed by atoms with Crippen molar-refractivity contribution in [3.8, 4) is 0 Å². The Balaban J connectivity index is 2.21. The zero-order chi connectivity index (χ0) is 12.8. The molecule has 18 heavy (non-hydrogen) atoms. The maximum atomic E-state index is 5.95. The average Bonchev–Trinajstić information content (AvgIpc) is 2.41. The number of anilines is 1. The van der Waals surface area contributed by atoms with Crippen LogP contribution < -0.4 is 5.73 Å². The highest BCUT2D eigenvalue weighted by atomic mass is 15.1. The first-order valence-electron chi connectivity index (χ1n) is 6.47. The Kier molecular flexibility index (Phi) is 4.29. The number of hydrogen-bond acceptors (Lipinski definition) is 3. The van der Waals surface area contributed by atoms with Crippen LogP contribution in [0.5, 0.6) is 0 Å². The second-order valence-electron chi connectivity index (χ2n) is 4.39. The van der Waals surface area contributed by atoms with E-state index in [1.165, 1.54) is 12.8 Å². The van der Waals surface area contributed by atoms with Gasteiger partial charge in [0.25, 0.3) is 0 Å². The second-order valence-corrected chi connectivity index (χ2v) is 4.39. The van der Waals surface area contributed by atoms with E-state index in [4.69, 9.17) is 5.73 Å².